The number of hydrogen-bond donors (Lipinski definition) is 1. The molecule has 17 heavy (non-hydrogen) atoms. The van der Waals surface area contributed by atoms with Crippen molar-refractivity contribution < 1.29 is 4.79 Å². The molecule has 1 aromatic carbocycles. The van der Waals surface area contributed by atoms with E-state index in [1.165, 1.54) is 12.0 Å². The first-order valence-electron chi connectivity index (χ1n) is 6.22. The topological polar surface area (TPSA) is 43.1 Å². The molecule has 0 spiro atoms. The molecule has 1 amide bonds. The maximum atomic E-state index is 10.5. The number of aryl methyl sites for hydroxylation is 1. The Balaban J connectivity index is 2.13. The summed E-state index contributed by atoms with van der Waals surface area (Å²) in [5.41, 5.74) is 7.61. The minimum atomic E-state index is -0.190. The molecule has 0 radical (unpaired) electrons. The molecule has 2 nitrogen and oxygen atoms in total. The largest absolute Gasteiger partial charge is 0.370 e. The zero-order valence-corrected chi connectivity index (χ0v) is 10.3. The van der Waals surface area contributed by atoms with Gasteiger partial charge in [-0.2, -0.15) is 0 Å². The van der Waals surface area contributed by atoms with Crippen LogP contribution in [0.15, 0.2) is 30.8 Å². The molecule has 1 rings (SSSR count). The van der Waals surface area contributed by atoms with Crippen LogP contribution >= 0.6 is 0 Å². The Morgan fingerprint density at radius 1 is 1.12 bits per heavy atom. The first-order chi connectivity index (χ1) is 8.22. The summed E-state index contributed by atoms with van der Waals surface area (Å²) in [5.74, 6) is -0.190. The molecule has 0 aliphatic heterocycles. The molecule has 2 heteroatoms. The fourth-order valence-corrected chi connectivity index (χ4v) is 1.80. The third-order valence-corrected chi connectivity index (χ3v) is 2.85. The van der Waals surface area contributed by atoms with Crippen molar-refractivity contribution in [2.24, 2.45) is 5.73 Å². The monoisotopic (exact) mass is 231 g/mol. The lowest BCUT2D eigenvalue weighted by atomic mass is 10.0. The van der Waals surface area contributed by atoms with E-state index in [0.29, 0.717) is 6.42 Å². The Bertz CT molecular complexity index is 354. The van der Waals surface area contributed by atoms with E-state index in [2.05, 4.69) is 30.8 Å². The minimum absolute atomic E-state index is 0.190. The Hall–Kier alpha value is -1.57. The summed E-state index contributed by atoms with van der Waals surface area (Å²) < 4.78 is 0. The number of unbranched alkanes of at least 4 members (excludes halogenated alkanes) is 3. The van der Waals surface area contributed by atoms with Crippen molar-refractivity contribution >= 4 is 12.0 Å². The number of amides is 1. The highest BCUT2D eigenvalue weighted by Crippen LogP contribution is 2.10. The number of primary amides is 1. The molecule has 92 valence electrons. The molecule has 0 aliphatic carbocycles. The summed E-state index contributed by atoms with van der Waals surface area (Å²) in [6, 6.07) is 8.49. The zero-order valence-electron chi connectivity index (χ0n) is 10.3. The smallest absolute Gasteiger partial charge is 0.217 e. The van der Waals surface area contributed by atoms with E-state index in [4.69, 9.17) is 5.73 Å². The quantitative estimate of drug-likeness (QED) is 0.685. The molecular formula is C15H21NO. The van der Waals surface area contributed by atoms with E-state index in [1.54, 1.807) is 0 Å². The van der Waals surface area contributed by atoms with Gasteiger partial charge in [-0.15, -0.1) is 0 Å². The summed E-state index contributed by atoms with van der Waals surface area (Å²) in [4.78, 5) is 10.5. The molecule has 1 aromatic rings. The second kappa shape index (κ2) is 7.66. The lowest BCUT2D eigenvalue weighted by Crippen LogP contribution is -2.09. The van der Waals surface area contributed by atoms with Crippen molar-refractivity contribution in [2.75, 3.05) is 0 Å². The average molecular weight is 231 g/mol. The molecule has 0 fully saturated rings. The Morgan fingerprint density at radius 2 is 1.76 bits per heavy atom. The van der Waals surface area contributed by atoms with Crippen molar-refractivity contribution in [2.45, 2.75) is 38.5 Å². The predicted octanol–water partition coefficient (Wildman–Crippen LogP) is 3.31. The van der Waals surface area contributed by atoms with Gasteiger partial charge >= 0.3 is 0 Å². The van der Waals surface area contributed by atoms with E-state index >= 15 is 0 Å². The molecule has 0 aliphatic rings. The number of hydrogen-bond acceptors (Lipinski definition) is 1. The van der Waals surface area contributed by atoms with Gasteiger partial charge in [0.05, 0.1) is 0 Å². The van der Waals surface area contributed by atoms with Gasteiger partial charge in [0.1, 0.15) is 0 Å². The fourth-order valence-electron chi connectivity index (χ4n) is 1.80. The summed E-state index contributed by atoms with van der Waals surface area (Å²) in [7, 11) is 0. The molecule has 0 aromatic heterocycles. The molecule has 0 unspecified atom stereocenters. The Morgan fingerprint density at radius 3 is 2.35 bits per heavy atom. The SMILES string of the molecule is C=Cc1ccc(CCCCCCC(N)=O)cc1. The molecule has 0 saturated heterocycles. The standard InChI is InChI=1S/C15H21NO/c1-2-13-9-11-14(12-10-13)7-5-3-4-6-8-15(16)17/h2,9-12H,1,3-8H2,(H2,16,17). The molecule has 0 saturated carbocycles. The first kappa shape index (κ1) is 13.5. The second-order valence-electron chi connectivity index (χ2n) is 4.33. The van der Waals surface area contributed by atoms with E-state index < -0.39 is 0 Å². The van der Waals surface area contributed by atoms with E-state index in [-0.39, 0.29) is 5.91 Å². The number of rotatable bonds is 8. The predicted molar refractivity (Wildman–Crippen MR) is 72.5 cm³/mol. The number of carbonyl (C=O) groups excluding carboxylic acids is 1. The van der Waals surface area contributed by atoms with Crippen molar-refractivity contribution in [1.29, 1.82) is 0 Å². The van der Waals surface area contributed by atoms with Crippen molar-refractivity contribution in [3.63, 3.8) is 0 Å². The van der Waals surface area contributed by atoms with Gasteiger partial charge in [0.15, 0.2) is 0 Å². The molecular weight excluding hydrogens is 210 g/mol. The van der Waals surface area contributed by atoms with Crippen LogP contribution in [0.5, 0.6) is 0 Å². The van der Waals surface area contributed by atoms with E-state index in [1.807, 2.05) is 6.08 Å². The van der Waals surface area contributed by atoms with Crippen LogP contribution in [0.1, 0.15) is 43.2 Å². The van der Waals surface area contributed by atoms with Crippen LogP contribution in [-0.2, 0) is 11.2 Å². The fraction of sp³-hybridized carbons (Fsp3) is 0.400. The minimum Gasteiger partial charge on any atom is -0.370 e. The molecule has 0 bridgehead atoms. The summed E-state index contributed by atoms with van der Waals surface area (Å²) in [6.45, 7) is 3.73. The number of benzene rings is 1. The highest BCUT2D eigenvalue weighted by molar-refractivity contribution is 5.73. The van der Waals surface area contributed by atoms with Crippen LogP contribution < -0.4 is 5.73 Å². The lowest BCUT2D eigenvalue weighted by molar-refractivity contribution is -0.118. The van der Waals surface area contributed by atoms with Gasteiger partial charge in [-0.3, -0.25) is 4.79 Å². The van der Waals surface area contributed by atoms with Gasteiger partial charge in [0, 0.05) is 6.42 Å². The van der Waals surface area contributed by atoms with Gasteiger partial charge in [0.2, 0.25) is 5.91 Å². The van der Waals surface area contributed by atoms with Crippen LogP contribution in [0.2, 0.25) is 0 Å². The van der Waals surface area contributed by atoms with Crippen molar-refractivity contribution in [3.8, 4) is 0 Å². The molecule has 0 atom stereocenters. The van der Waals surface area contributed by atoms with Gasteiger partial charge in [0.25, 0.3) is 0 Å². The van der Waals surface area contributed by atoms with Crippen LogP contribution in [0.25, 0.3) is 6.08 Å². The highest BCUT2D eigenvalue weighted by Gasteiger charge is 1.96. The summed E-state index contributed by atoms with van der Waals surface area (Å²) in [5, 5.41) is 0. The average Bonchev–Trinajstić information content (AvgIpc) is 2.34. The maximum absolute atomic E-state index is 10.5. The second-order valence-corrected chi connectivity index (χ2v) is 4.33. The van der Waals surface area contributed by atoms with Gasteiger partial charge in [-0.1, -0.05) is 49.8 Å². The van der Waals surface area contributed by atoms with E-state index in [0.717, 1.165) is 31.2 Å². The number of nitrogens with two attached hydrogens (primary N) is 1. The molecule has 0 heterocycles. The third-order valence-electron chi connectivity index (χ3n) is 2.85. The van der Waals surface area contributed by atoms with Crippen molar-refractivity contribution in [1.82, 2.24) is 0 Å². The van der Waals surface area contributed by atoms with Crippen molar-refractivity contribution in [3.05, 3.63) is 42.0 Å². The van der Waals surface area contributed by atoms with Crippen LogP contribution in [0.4, 0.5) is 0 Å². The highest BCUT2D eigenvalue weighted by atomic mass is 16.1. The normalized spacial score (nSPS) is 10.1. The van der Waals surface area contributed by atoms with Crippen LogP contribution in [-0.4, -0.2) is 5.91 Å². The van der Waals surface area contributed by atoms with E-state index in [9.17, 15) is 4.79 Å². The Kier molecular flexibility index (Phi) is 6.08. The van der Waals surface area contributed by atoms with Crippen LogP contribution in [0, 0.1) is 0 Å². The Labute approximate surface area is 104 Å². The van der Waals surface area contributed by atoms with Gasteiger partial charge < -0.3 is 5.73 Å². The zero-order chi connectivity index (χ0) is 12.5. The molecule has 2 N–H and O–H groups in total. The maximum Gasteiger partial charge on any atom is 0.217 e. The van der Waals surface area contributed by atoms with Gasteiger partial charge in [-0.25, -0.2) is 0 Å². The third kappa shape index (κ3) is 5.91. The first-order valence-corrected chi connectivity index (χ1v) is 6.22. The van der Waals surface area contributed by atoms with Gasteiger partial charge in [-0.05, 0) is 30.4 Å². The summed E-state index contributed by atoms with van der Waals surface area (Å²) >= 11 is 0. The lowest BCUT2D eigenvalue weighted by Gasteiger charge is -2.02. The van der Waals surface area contributed by atoms with Crippen LogP contribution in [0.3, 0.4) is 0 Å². The summed E-state index contributed by atoms with van der Waals surface area (Å²) in [6.07, 6.45) is 7.83. The number of carbonyl (C=O) groups is 1.